The van der Waals surface area contributed by atoms with E-state index in [0.29, 0.717) is 22.0 Å². The van der Waals surface area contributed by atoms with Gasteiger partial charge in [-0.05, 0) is 18.2 Å². The number of amides is 1. The van der Waals surface area contributed by atoms with Crippen LogP contribution in [0.5, 0.6) is 5.75 Å². The van der Waals surface area contributed by atoms with Crippen LogP contribution in [0.4, 0.5) is 5.13 Å². The van der Waals surface area contributed by atoms with Gasteiger partial charge in [0.15, 0.2) is 5.13 Å². The molecule has 0 saturated heterocycles. The van der Waals surface area contributed by atoms with E-state index in [1.54, 1.807) is 36.9 Å². The van der Waals surface area contributed by atoms with E-state index in [1.165, 1.54) is 11.3 Å². The molecule has 5 nitrogen and oxygen atoms in total. The van der Waals surface area contributed by atoms with Gasteiger partial charge in [-0.1, -0.05) is 11.8 Å². The van der Waals surface area contributed by atoms with Crippen LogP contribution in [0, 0.1) is 11.8 Å². The number of hydrogen-bond acceptors (Lipinski definition) is 5. The molecule has 0 radical (unpaired) electrons. The van der Waals surface area contributed by atoms with Gasteiger partial charge >= 0.3 is 0 Å². The van der Waals surface area contributed by atoms with E-state index in [-0.39, 0.29) is 12.5 Å². The number of carbonyl (C=O) groups is 1. The number of methoxy groups -OCH3 is 1. The second-order valence-electron chi connectivity index (χ2n) is 3.71. The van der Waals surface area contributed by atoms with Gasteiger partial charge in [0.2, 0.25) is 0 Å². The summed E-state index contributed by atoms with van der Waals surface area (Å²) in [4.78, 5) is 16.1. The van der Waals surface area contributed by atoms with Crippen LogP contribution >= 0.6 is 11.3 Å². The molecule has 2 rings (SSSR count). The molecule has 0 unspecified atom stereocenters. The maximum atomic E-state index is 12.1. The van der Waals surface area contributed by atoms with Crippen molar-refractivity contribution in [3.8, 4) is 17.6 Å². The standard InChI is InChI=1S/C14H13N3O2S/c1-19-12-5-4-11(9-10(12)3-2-6-15)13(18)17-14-16-7-8-20-14/h4-5,7-9H,6,15H2,1H3,(H,16,17,18). The number of anilines is 1. The zero-order valence-corrected chi connectivity index (χ0v) is 11.7. The van der Waals surface area contributed by atoms with Gasteiger partial charge in [0, 0.05) is 17.1 Å². The highest BCUT2D eigenvalue weighted by Crippen LogP contribution is 2.20. The Morgan fingerprint density at radius 1 is 1.55 bits per heavy atom. The molecule has 0 spiro atoms. The first-order valence-corrected chi connectivity index (χ1v) is 6.70. The average molecular weight is 287 g/mol. The van der Waals surface area contributed by atoms with E-state index in [9.17, 15) is 4.79 Å². The number of nitrogens with two attached hydrogens (primary N) is 1. The highest BCUT2D eigenvalue weighted by atomic mass is 32.1. The largest absolute Gasteiger partial charge is 0.495 e. The van der Waals surface area contributed by atoms with Gasteiger partial charge in [0.05, 0.1) is 19.2 Å². The lowest BCUT2D eigenvalue weighted by Crippen LogP contribution is -2.12. The van der Waals surface area contributed by atoms with Gasteiger partial charge in [0.1, 0.15) is 5.75 Å². The highest BCUT2D eigenvalue weighted by molar-refractivity contribution is 7.13. The van der Waals surface area contributed by atoms with Crippen molar-refractivity contribution in [2.24, 2.45) is 5.73 Å². The summed E-state index contributed by atoms with van der Waals surface area (Å²) >= 11 is 1.36. The zero-order valence-electron chi connectivity index (χ0n) is 10.8. The molecule has 102 valence electrons. The molecular formula is C14H13N3O2S. The third-order valence-electron chi connectivity index (χ3n) is 2.44. The summed E-state index contributed by atoms with van der Waals surface area (Å²) in [6.07, 6.45) is 1.63. The average Bonchev–Trinajstić information content (AvgIpc) is 2.97. The normalized spacial score (nSPS) is 9.50. The van der Waals surface area contributed by atoms with Crippen LogP contribution in [0.15, 0.2) is 29.8 Å². The fourth-order valence-electron chi connectivity index (χ4n) is 1.55. The Morgan fingerprint density at radius 3 is 3.05 bits per heavy atom. The molecule has 0 aliphatic carbocycles. The second kappa shape index (κ2) is 6.70. The van der Waals surface area contributed by atoms with Crippen molar-refractivity contribution in [3.63, 3.8) is 0 Å². The number of thiazole rings is 1. The molecule has 3 N–H and O–H groups in total. The fourth-order valence-corrected chi connectivity index (χ4v) is 2.07. The first-order chi connectivity index (χ1) is 9.74. The van der Waals surface area contributed by atoms with E-state index >= 15 is 0 Å². The topological polar surface area (TPSA) is 77.2 Å². The lowest BCUT2D eigenvalue weighted by atomic mass is 10.1. The molecule has 0 aliphatic heterocycles. The van der Waals surface area contributed by atoms with Crippen molar-refractivity contribution in [1.29, 1.82) is 0 Å². The van der Waals surface area contributed by atoms with Crippen LogP contribution in [0.1, 0.15) is 15.9 Å². The van der Waals surface area contributed by atoms with Crippen molar-refractivity contribution in [2.45, 2.75) is 0 Å². The Bertz CT molecular complexity index is 657. The predicted octanol–water partition coefficient (Wildman–Crippen LogP) is 1.71. The molecule has 0 bridgehead atoms. The van der Waals surface area contributed by atoms with Crippen molar-refractivity contribution in [1.82, 2.24) is 4.98 Å². The van der Waals surface area contributed by atoms with Crippen molar-refractivity contribution < 1.29 is 9.53 Å². The smallest absolute Gasteiger partial charge is 0.257 e. The Kier molecular flexibility index (Phi) is 4.71. The van der Waals surface area contributed by atoms with Crippen LogP contribution in [-0.4, -0.2) is 24.5 Å². The fraction of sp³-hybridized carbons (Fsp3) is 0.143. The van der Waals surface area contributed by atoms with Gasteiger partial charge < -0.3 is 10.5 Å². The SMILES string of the molecule is COc1ccc(C(=O)Nc2nccs2)cc1C#CCN. The maximum absolute atomic E-state index is 12.1. The van der Waals surface area contributed by atoms with E-state index in [2.05, 4.69) is 22.1 Å². The van der Waals surface area contributed by atoms with Crippen LogP contribution in [0.2, 0.25) is 0 Å². The van der Waals surface area contributed by atoms with E-state index in [4.69, 9.17) is 10.5 Å². The number of carbonyl (C=O) groups excluding carboxylic acids is 1. The van der Waals surface area contributed by atoms with Crippen LogP contribution < -0.4 is 15.8 Å². The maximum Gasteiger partial charge on any atom is 0.257 e. The highest BCUT2D eigenvalue weighted by Gasteiger charge is 2.10. The van der Waals surface area contributed by atoms with Gasteiger partial charge in [-0.15, -0.1) is 11.3 Å². The van der Waals surface area contributed by atoms with Crippen molar-refractivity contribution in [2.75, 3.05) is 19.0 Å². The molecule has 1 amide bonds. The van der Waals surface area contributed by atoms with Crippen LogP contribution in [0.25, 0.3) is 0 Å². The molecular weight excluding hydrogens is 274 g/mol. The first-order valence-electron chi connectivity index (χ1n) is 5.82. The molecule has 6 heteroatoms. The number of aromatic nitrogens is 1. The van der Waals surface area contributed by atoms with E-state index < -0.39 is 0 Å². The summed E-state index contributed by atoms with van der Waals surface area (Å²) < 4.78 is 5.20. The molecule has 1 aromatic carbocycles. The summed E-state index contributed by atoms with van der Waals surface area (Å²) in [5, 5.41) is 5.06. The number of benzene rings is 1. The monoisotopic (exact) mass is 287 g/mol. The minimum Gasteiger partial charge on any atom is -0.495 e. The zero-order chi connectivity index (χ0) is 14.4. The number of hydrogen-bond donors (Lipinski definition) is 2. The van der Waals surface area contributed by atoms with Crippen molar-refractivity contribution >= 4 is 22.4 Å². The first kappa shape index (κ1) is 14.1. The van der Waals surface area contributed by atoms with E-state index in [1.807, 2.05) is 0 Å². The minimum atomic E-state index is -0.238. The van der Waals surface area contributed by atoms with Gasteiger partial charge in [-0.3, -0.25) is 10.1 Å². The quantitative estimate of drug-likeness (QED) is 0.843. The summed E-state index contributed by atoms with van der Waals surface area (Å²) in [6, 6.07) is 5.05. The summed E-state index contributed by atoms with van der Waals surface area (Å²) in [5.41, 5.74) is 6.47. The van der Waals surface area contributed by atoms with E-state index in [0.717, 1.165) is 0 Å². The molecule has 2 aromatic rings. The molecule has 1 aromatic heterocycles. The number of nitrogens with one attached hydrogen (secondary N) is 1. The minimum absolute atomic E-state index is 0.238. The number of nitrogens with zero attached hydrogens (tertiary/aromatic N) is 1. The van der Waals surface area contributed by atoms with Crippen LogP contribution in [0.3, 0.4) is 0 Å². The Labute approximate surface area is 120 Å². The molecule has 0 atom stereocenters. The Balaban J connectivity index is 2.26. The third-order valence-corrected chi connectivity index (χ3v) is 3.13. The number of ether oxygens (including phenoxy) is 1. The molecule has 0 fully saturated rings. The molecule has 0 saturated carbocycles. The Hall–Kier alpha value is -2.36. The summed E-state index contributed by atoms with van der Waals surface area (Å²) in [6.45, 7) is 0.249. The van der Waals surface area contributed by atoms with Gasteiger partial charge in [-0.25, -0.2) is 4.98 Å². The predicted molar refractivity (Wildman–Crippen MR) is 79.0 cm³/mol. The number of rotatable bonds is 3. The van der Waals surface area contributed by atoms with Gasteiger partial charge in [0.25, 0.3) is 5.91 Å². The second-order valence-corrected chi connectivity index (χ2v) is 4.61. The van der Waals surface area contributed by atoms with Crippen molar-refractivity contribution in [3.05, 3.63) is 40.9 Å². The Morgan fingerprint density at radius 2 is 2.40 bits per heavy atom. The third kappa shape index (κ3) is 3.35. The summed E-state index contributed by atoms with van der Waals surface area (Å²) in [7, 11) is 1.55. The molecule has 1 heterocycles. The molecule has 20 heavy (non-hydrogen) atoms. The van der Waals surface area contributed by atoms with Crippen LogP contribution in [-0.2, 0) is 0 Å². The lowest BCUT2D eigenvalue weighted by molar-refractivity contribution is 0.102. The molecule has 0 aliphatic rings. The lowest BCUT2D eigenvalue weighted by Gasteiger charge is -2.06. The van der Waals surface area contributed by atoms with Gasteiger partial charge in [-0.2, -0.15) is 0 Å². The summed E-state index contributed by atoms with van der Waals surface area (Å²) in [5.74, 6) is 6.00.